The number of methoxy groups -OCH3 is 1. The van der Waals surface area contributed by atoms with Crippen molar-refractivity contribution in [3.8, 4) is 5.75 Å². The summed E-state index contributed by atoms with van der Waals surface area (Å²) in [5, 5.41) is 0. The molecule has 0 bridgehead atoms. The zero-order valence-corrected chi connectivity index (χ0v) is 6.37. The molecule has 1 heterocycles. The van der Waals surface area contributed by atoms with Crippen molar-refractivity contribution in [3.05, 3.63) is 29.8 Å². The lowest BCUT2D eigenvalue weighted by Crippen LogP contribution is -1.87. The molecule has 0 amide bonds. The van der Waals surface area contributed by atoms with Gasteiger partial charge in [0, 0.05) is 0 Å². The van der Waals surface area contributed by atoms with Crippen LogP contribution in [0.25, 0.3) is 0 Å². The van der Waals surface area contributed by atoms with E-state index in [4.69, 9.17) is 4.74 Å². The first-order valence-electron chi connectivity index (χ1n) is 3.58. The van der Waals surface area contributed by atoms with Gasteiger partial charge in [0.05, 0.1) is 19.4 Å². The second kappa shape index (κ2) is 2.38. The van der Waals surface area contributed by atoms with Crippen molar-refractivity contribution >= 4 is 5.71 Å². The molecule has 0 atom stereocenters. The molecule has 1 aromatic carbocycles. The topological polar surface area (TPSA) is 21.6 Å². The summed E-state index contributed by atoms with van der Waals surface area (Å²) in [6, 6.07) is 7.97. The molecule has 0 spiro atoms. The minimum Gasteiger partial charge on any atom is -0.497 e. The summed E-state index contributed by atoms with van der Waals surface area (Å²) < 4.78 is 5.03. The summed E-state index contributed by atoms with van der Waals surface area (Å²) in [5.41, 5.74) is 2.42. The van der Waals surface area contributed by atoms with Crippen molar-refractivity contribution in [2.75, 3.05) is 13.7 Å². The number of aliphatic imine (C=N–C) groups is 1. The predicted molar refractivity (Wildman–Crippen MR) is 44.4 cm³/mol. The highest BCUT2D eigenvalue weighted by atomic mass is 16.5. The molecule has 0 aliphatic carbocycles. The largest absolute Gasteiger partial charge is 0.497 e. The van der Waals surface area contributed by atoms with Crippen LogP contribution in [0.15, 0.2) is 29.3 Å². The molecule has 1 aliphatic heterocycles. The van der Waals surface area contributed by atoms with Gasteiger partial charge in [-0.05, 0) is 29.8 Å². The summed E-state index contributed by atoms with van der Waals surface area (Å²) in [5.74, 6) is 0.898. The zero-order chi connectivity index (χ0) is 7.68. The lowest BCUT2D eigenvalue weighted by Gasteiger charge is -1.98. The van der Waals surface area contributed by atoms with E-state index in [1.165, 1.54) is 11.3 Å². The van der Waals surface area contributed by atoms with E-state index in [0.29, 0.717) is 0 Å². The normalized spacial score (nSPS) is 14.1. The monoisotopic (exact) mass is 147 g/mol. The molecule has 1 aliphatic rings. The highest BCUT2D eigenvalue weighted by molar-refractivity contribution is 6.10. The highest BCUT2D eigenvalue weighted by Gasteiger charge is 2.11. The Hall–Kier alpha value is -1.31. The number of hydrogen-bond donors (Lipinski definition) is 0. The standard InChI is InChI=1S/C9H9NO/c1-11-8-4-2-7(3-5-8)9-6-10-9/h2-5H,6H2,1H3. The quantitative estimate of drug-likeness (QED) is 0.621. The van der Waals surface area contributed by atoms with E-state index in [1.54, 1.807) is 7.11 Å². The van der Waals surface area contributed by atoms with Gasteiger partial charge in [0.1, 0.15) is 5.75 Å². The van der Waals surface area contributed by atoms with Gasteiger partial charge in [-0.25, -0.2) is 0 Å². The smallest absolute Gasteiger partial charge is 0.118 e. The third-order valence-electron chi connectivity index (χ3n) is 1.74. The second-order valence-corrected chi connectivity index (χ2v) is 2.49. The molecular weight excluding hydrogens is 138 g/mol. The van der Waals surface area contributed by atoms with Gasteiger partial charge in [-0.15, -0.1) is 0 Å². The number of ether oxygens (including phenoxy) is 1. The van der Waals surface area contributed by atoms with Crippen LogP contribution in [0.2, 0.25) is 0 Å². The molecule has 0 N–H and O–H groups in total. The van der Waals surface area contributed by atoms with E-state index in [-0.39, 0.29) is 0 Å². The lowest BCUT2D eigenvalue weighted by atomic mass is 10.2. The molecule has 2 heteroatoms. The number of rotatable bonds is 2. The maximum atomic E-state index is 5.03. The Kier molecular flexibility index (Phi) is 1.39. The molecule has 0 saturated heterocycles. The molecule has 1 aromatic rings. The fourth-order valence-corrected chi connectivity index (χ4v) is 1.01. The van der Waals surface area contributed by atoms with Gasteiger partial charge in [-0.1, -0.05) is 0 Å². The van der Waals surface area contributed by atoms with Gasteiger partial charge in [0.25, 0.3) is 0 Å². The first-order chi connectivity index (χ1) is 5.40. The first-order valence-corrected chi connectivity index (χ1v) is 3.58. The van der Waals surface area contributed by atoms with Crippen LogP contribution in [-0.2, 0) is 0 Å². The van der Waals surface area contributed by atoms with Crippen LogP contribution in [0.1, 0.15) is 5.56 Å². The maximum Gasteiger partial charge on any atom is 0.118 e. The summed E-state index contributed by atoms with van der Waals surface area (Å²) in [6.07, 6.45) is 0. The number of hydrogen-bond acceptors (Lipinski definition) is 2. The summed E-state index contributed by atoms with van der Waals surface area (Å²) >= 11 is 0. The Morgan fingerprint density at radius 1 is 1.27 bits per heavy atom. The van der Waals surface area contributed by atoms with Crippen molar-refractivity contribution < 1.29 is 4.74 Å². The molecule has 0 unspecified atom stereocenters. The Morgan fingerprint density at radius 3 is 2.36 bits per heavy atom. The Balaban J connectivity index is 2.26. The first kappa shape index (κ1) is 6.40. The third kappa shape index (κ3) is 1.24. The fourth-order valence-electron chi connectivity index (χ4n) is 1.01. The van der Waals surface area contributed by atoms with E-state index in [9.17, 15) is 0 Å². The molecule has 0 aromatic heterocycles. The van der Waals surface area contributed by atoms with E-state index in [2.05, 4.69) is 4.99 Å². The van der Waals surface area contributed by atoms with Crippen LogP contribution >= 0.6 is 0 Å². The van der Waals surface area contributed by atoms with Gasteiger partial charge < -0.3 is 4.74 Å². The lowest BCUT2D eigenvalue weighted by molar-refractivity contribution is 0.415. The Labute approximate surface area is 65.5 Å². The third-order valence-corrected chi connectivity index (χ3v) is 1.74. The molecule has 0 radical (unpaired) electrons. The molecule has 11 heavy (non-hydrogen) atoms. The van der Waals surface area contributed by atoms with Crippen molar-refractivity contribution in [1.29, 1.82) is 0 Å². The number of benzene rings is 1. The maximum absolute atomic E-state index is 5.03. The molecule has 56 valence electrons. The van der Waals surface area contributed by atoms with Crippen molar-refractivity contribution in [2.24, 2.45) is 4.99 Å². The van der Waals surface area contributed by atoms with Crippen molar-refractivity contribution in [3.63, 3.8) is 0 Å². The van der Waals surface area contributed by atoms with E-state index in [0.717, 1.165) is 12.3 Å². The molecule has 0 fully saturated rings. The van der Waals surface area contributed by atoms with Crippen molar-refractivity contribution in [2.45, 2.75) is 0 Å². The van der Waals surface area contributed by atoms with Crippen LogP contribution in [0, 0.1) is 0 Å². The summed E-state index contributed by atoms with van der Waals surface area (Å²) in [4.78, 5) is 4.10. The predicted octanol–water partition coefficient (Wildman–Crippen LogP) is 1.50. The SMILES string of the molecule is COc1ccc(C2=NC2)cc1. The van der Waals surface area contributed by atoms with Crippen LogP contribution in [0.5, 0.6) is 5.75 Å². The van der Waals surface area contributed by atoms with Crippen LogP contribution in [-0.4, -0.2) is 19.4 Å². The van der Waals surface area contributed by atoms with Gasteiger partial charge in [0.15, 0.2) is 0 Å². The van der Waals surface area contributed by atoms with Crippen LogP contribution in [0.4, 0.5) is 0 Å². The van der Waals surface area contributed by atoms with E-state index in [1.807, 2.05) is 24.3 Å². The number of nitrogens with zero attached hydrogens (tertiary/aromatic N) is 1. The summed E-state index contributed by atoms with van der Waals surface area (Å²) in [7, 11) is 1.67. The summed E-state index contributed by atoms with van der Waals surface area (Å²) in [6.45, 7) is 0.909. The minimum atomic E-state index is 0.898. The minimum absolute atomic E-state index is 0.898. The molecule has 0 saturated carbocycles. The molecular formula is C9H9NO. The van der Waals surface area contributed by atoms with Gasteiger partial charge in [-0.2, -0.15) is 0 Å². The second-order valence-electron chi connectivity index (χ2n) is 2.49. The van der Waals surface area contributed by atoms with Gasteiger partial charge in [-0.3, -0.25) is 4.99 Å². The van der Waals surface area contributed by atoms with Crippen LogP contribution < -0.4 is 4.74 Å². The van der Waals surface area contributed by atoms with E-state index < -0.39 is 0 Å². The molecule has 2 rings (SSSR count). The van der Waals surface area contributed by atoms with Crippen LogP contribution in [0.3, 0.4) is 0 Å². The molecule has 2 nitrogen and oxygen atoms in total. The Bertz CT molecular complexity index is 287. The average Bonchev–Trinajstić information content (AvgIpc) is 2.87. The average molecular weight is 147 g/mol. The Morgan fingerprint density at radius 2 is 1.91 bits per heavy atom. The van der Waals surface area contributed by atoms with E-state index >= 15 is 0 Å². The zero-order valence-electron chi connectivity index (χ0n) is 6.37. The van der Waals surface area contributed by atoms with Gasteiger partial charge >= 0.3 is 0 Å². The fraction of sp³-hybridized carbons (Fsp3) is 0.222. The van der Waals surface area contributed by atoms with Crippen molar-refractivity contribution in [1.82, 2.24) is 0 Å². The highest BCUT2D eigenvalue weighted by Crippen LogP contribution is 2.15. The van der Waals surface area contributed by atoms with Gasteiger partial charge in [0.2, 0.25) is 0 Å².